The highest BCUT2D eigenvalue weighted by molar-refractivity contribution is 9.11. The number of likely N-dealkylation sites (N-methyl/N-ethyl adjacent to an activating group) is 1. The molecule has 5 nitrogen and oxygen atoms in total. The lowest BCUT2D eigenvalue weighted by atomic mass is 10.2. The molecule has 0 aliphatic carbocycles. The molecule has 0 aromatic heterocycles. The predicted molar refractivity (Wildman–Crippen MR) is 89.3 cm³/mol. The molecule has 1 aromatic rings. The van der Waals surface area contributed by atoms with Crippen LogP contribution in [-0.4, -0.2) is 50.6 Å². The van der Waals surface area contributed by atoms with E-state index in [0.29, 0.717) is 0 Å². The zero-order valence-electron chi connectivity index (χ0n) is 12.1. The fourth-order valence-electron chi connectivity index (χ4n) is 2.46. The molecule has 1 saturated heterocycles. The second-order valence-corrected chi connectivity index (χ2v) is 6.05. The zero-order valence-corrected chi connectivity index (χ0v) is 13.6. The van der Waals surface area contributed by atoms with Crippen molar-refractivity contribution < 1.29 is 4.74 Å². The first-order valence-corrected chi connectivity index (χ1v) is 7.85. The van der Waals surface area contributed by atoms with Gasteiger partial charge in [0, 0.05) is 32.0 Å². The zero-order chi connectivity index (χ0) is 14.7. The van der Waals surface area contributed by atoms with E-state index < -0.39 is 0 Å². The summed E-state index contributed by atoms with van der Waals surface area (Å²) in [5.41, 5.74) is 2.20. The van der Waals surface area contributed by atoms with Crippen LogP contribution in [-0.2, 0) is 4.74 Å². The van der Waals surface area contributed by atoms with Crippen molar-refractivity contribution in [3.8, 4) is 0 Å². The number of ether oxygens (including phenoxy) is 1. The number of nitrogens with zero attached hydrogens (tertiary/aromatic N) is 3. The molecule has 1 aromatic carbocycles. The molecule has 6 heteroatoms. The van der Waals surface area contributed by atoms with Crippen molar-refractivity contribution in [3.63, 3.8) is 0 Å². The van der Waals surface area contributed by atoms with Crippen LogP contribution in [0, 0.1) is 0 Å². The van der Waals surface area contributed by atoms with Gasteiger partial charge >= 0.3 is 0 Å². The summed E-state index contributed by atoms with van der Waals surface area (Å²) < 4.78 is 6.31. The lowest BCUT2D eigenvalue weighted by Crippen LogP contribution is -2.36. The molecule has 2 aliphatic rings. The fourth-order valence-corrected chi connectivity index (χ4v) is 3.04. The van der Waals surface area contributed by atoms with Gasteiger partial charge in [0.05, 0.1) is 30.1 Å². The van der Waals surface area contributed by atoms with E-state index in [2.05, 4.69) is 60.3 Å². The summed E-state index contributed by atoms with van der Waals surface area (Å²) >= 11 is 3.46. The van der Waals surface area contributed by atoms with Crippen molar-refractivity contribution in [2.75, 3.05) is 44.8 Å². The van der Waals surface area contributed by atoms with E-state index >= 15 is 0 Å². The van der Waals surface area contributed by atoms with Crippen LogP contribution >= 0.6 is 15.9 Å². The molecule has 3 rings (SSSR count). The summed E-state index contributed by atoms with van der Waals surface area (Å²) in [7, 11) is 2.03. The maximum absolute atomic E-state index is 5.38. The number of anilines is 1. The molecule has 112 valence electrons. The molecule has 0 saturated carbocycles. The normalized spacial score (nSPS) is 21.2. The van der Waals surface area contributed by atoms with E-state index in [0.717, 1.165) is 49.0 Å². The molecule has 2 aliphatic heterocycles. The van der Waals surface area contributed by atoms with Gasteiger partial charge < -0.3 is 19.9 Å². The van der Waals surface area contributed by atoms with Crippen LogP contribution in [0.3, 0.4) is 0 Å². The Morgan fingerprint density at radius 2 is 1.90 bits per heavy atom. The minimum absolute atomic E-state index is 0.778. The molecular weight excluding hydrogens is 332 g/mol. The van der Waals surface area contributed by atoms with Crippen molar-refractivity contribution >= 4 is 33.1 Å². The molecule has 0 atom stereocenters. The van der Waals surface area contributed by atoms with Gasteiger partial charge in [0.1, 0.15) is 5.84 Å². The van der Waals surface area contributed by atoms with Crippen LogP contribution in [0.25, 0.3) is 0 Å². The van der Waals surface area contributed by atoms with Gasteiger partial charge in [0.2, 0.25) is 0 Å². The van der Waals surface area contributed by atoms with Crippen LogP contribution < -0.4 is 10.2 Å². The minimum Gasteiger partial charge on any atom is -0.378 e. The number of hydrogen-bond acceptors (Lipinski definition) is 4. The predicted octanol–water partition coefficient (Wildman–Crippen LogP) is 2.28. The van der Waals surface area contributed by atoms with Gasteiger partial charge in [-0.05, 0) is 40.2 Å². The summed E-state index contributed by atoms with van der Waals surface area (Å²) in [4.78, 5) is 9.08. The summed E-state index contributed by atoms with van der Waals surface area (Å²) in [5.74, 6) is 0.936. The summed E-state index contributed by atoms with van der Waals surface area (Å²) in [6, 6.07) is 8.38. The Kier molecular flexibility index (Phi) is 4.45. The first kappa shape index (κ1) is 14.4. The maximum atomic E-state index is 5.38. The van der Waals surface area contributed by atoms with Crippen LogP contribution in [0.15, 0.2) is 40.1 Å². The molecule has 2 heterocycles. The third-order valence-corrected chi connectivity index (χ3v) is 3.89. The lowest BCUT2D eigenvalue weighted by Gasteiger charge is -2.28. The van der Waals surface area contributed by atoms with Gasteiger partial charge in [-0.15, -0.1) is 0 Å². The molecule has 0 unspecified atom stereocenters. The van der Waals surface area contributed by atoms with Crippen LogP contribution in [0.2, 0.25) is 0 Å². The first-order valence-electron chi connectivity index (χ1n) is 7.05. The van der Waals surface area contributed by atoms with E-state index in [1.807, 2.05) is 13.2 Å². The average molecular weight is 351 g/mol. The van der Waals surface area contributed by atoms with Gasteiger partial charge in [-0.25, -0.2) is 4.99 Å². The molecule has 1 fully saturated rings. The third kappa shape index (κ3) is 3.77. The number of aliphatic imine (C=N–C) groups is 1. The Labute approximate surface area is 133 Å². The van der Waals surface area contributed by atoms with Gasteiger partial charge in [-0.1, -0.05) is 0 Å². The number of amidine groups is 1. The van der Waals surface area contributed by atoms with Crippen LogP contribution in [0.5, 0.6) is 0 Å². The lowest BCUT2D eigenvalue weighted by molar-refractivity contribution is 0.122. The van der Waals surface area contributed by atoms with Gasteiger partial charge in [0.15, 0.2) is 0 Å². The minimum atomic E-state index is 0.778. The molecule has 0 radical (unpaired) electrons. The topological polar surface area (TPSA) is 40.1 Å². The molecule has 0 bridgehead atoms. The van der Waals surface area contributed by atoms with E-state index in [1.54, 1.807) is 0 Å². The molecule has 0 spiro atoms. The Morgan fingerprint density at radius 1 is 1.19 bits per heavy atom. The van der Waals surface area contributed by atoms with E-state index in [1.165, 1.54) is 5.69 Å². The average Bonchev–Trinajstić information content (AvgIpc) is 2.48. The van der Waals surface area contributed by atoms with Gasteiger partial charge in [-0.2, -0.15) is 0 Å². The van der Waals surface area contributed by atoms with Crippen molar-refractivity contribution in [1.29, 1.82) is 0 Å². The van der Waals surface area contributed by atoms with E-state index in [-0.39, 0.29) is 0 Å². The Bertz CT molecular complexity index is 549. The summed E-state index contributed by atoms with van der Waals surface area (Å²) in [6.45, 7) is 4.30. The highest BCUT2D eigenvalue weighted by Crippen LogP contribution is 2.21. The SMILES string of the molecule is CN1C=C(Br)NC(=Nc2ccc(N3CCOCC3)cc2)C1. The van der Waals surface area contributed by atoms with E-state index in [9.17, 15) is 0 Å². The van der Waals surface area contributed by atoms with Gasteiger partial charge in [-0.3, -0.25) is 0 Å². The van der Waals surface area contributed by atoms with Crippen molar-refractivity contribution in [2.45, 2.75) is 0 Å². The number of rotatable bonds is 2. The van der Waals surface area contributed by atoms with Crippen molar-refractivity contribution in [3.05, 3.63) is 35.1 Å². The third-order valence-electron chi connectivity index (χ3n) is 3.49. The quantitative estimate of drug-likeness (QED) is 0.830. The standard InChI is InChI=1S/C15H19BrN4O/c1-19-10-14(16)18-15(11-19)17-12-2-4-13(5-3-12)20-6-8-21-9-7-20/h2-5,10H,6-9,11H2,1H3,(H,17,18). The second kappa shape index (κ2) is 6.49. The fraction of sp³-hybridized carbons (Fsp3) is 0.400. The number of hydrogen-bond donors (Lipinski definition) is 1. The number of morpholine rings is 1. The van der Waals surface area contributed by atoms with Crippen LogP contribution in [0.4, 0.5) is 11.4 Å². The number of nitrogens with one attached hydrogen (secondary N) is 1. The number of halogens is 1. The largest absolute Gasteiger partial charge is 0.378 e. The maximum Gasteiger partial charge on any atom is 0.127 e. The summed E-state index contributed by atoms with van der Waals surface area (Å²) in [6.07, 6.45) is 2.00. The van der Waals surface area contributed by atoms with E-state index in [4.69, 9.17) is 4.74 Å². The van der Waals surface area contributed by atoms with Crippen molar-refractivity contribution in [1.82, 2.24) is 10.2 Å². The van der Waals surface area contributed by atoms with Gasteiger partial charge in [0.25, 0.3) is 0 Å². The van der Waals surface area contributed by atoms with Crippen LogP contribution in [0.1, 0.15) is 0 Å². The summed E-state index contributed by atoms with van der Waals surface area (Å²) in [5, 5.41) is 3.23. The Balaban J connectivity index is 1.71. The van der Waals surface area contributed by atoms with Crippen molar-refractivity contribution in [2.24, 2.45) is 4.99 Å². The second-order valence-electron chi connectivity index (χ2n) is 5.19. The first-order chi connectivity index (χ1) is 10.2. The number of benzene rings is 1. The Morgan fingerprint density at radius 3 is 2.57 bits per heavy atom. The monoisotopic (exact) mass is 350 g/mol. The highest BCUT2D eigenvalue weighted by Gasteiger charge is 2.12. The smallest absolute Gasteiger partial charge is 0.127 e. The molecular formula is C15H19BrN4O. The molecule has 0 amide bonds. The molecule has 21 heavy (non-hydrogen) atoms. The molecule has 1 N–H and O–H groups in total. The Hall–Kier alpha value is -1.53. The highest BCUT2D eigenvalue weighted by atomic mass is 79.9.